The molecule has 1 aromatic rings. The highest BCUT2D eigenvalue weighted by Gasteiger charge is 2.07. The van der Waals surface area contributed by atoms with Crippen molar-refractivity contribution in [3.63, 3.8) is 0 Å². The third kappa shape index (κ3) is 5.91. The standard InChI is InChI=1S/C13H19NO3.ClH/c1-3-8-14-9-11(15)10-17-13-7-5-4-6-12(13)16-2;/h3-7,11,14-15H,1,8-10H2,2H3;1H. The van der Waals surface area contributed by atoms with Gasteiger partial charge in [-0.15, -0.1) is 19.0 Å². The predicted octanol–water partition coefficient (Wildman–Crippen LogP) is 1.63. The van der Waals surface area contributed by atoms with Gasteiger partial charge in [0.25, 0.3) is 0 Å². The van der Waals surface area contributed by atoms with Gasteiger partial charge in [0.15, 0.2) is 11.5 Å². The van der Waals surface area contributed by atoms with Gasteiger partial charge in [-0.2, -0.15) is 0 Å². The Balaban J connectivity index is 0.00000289. The Bertz CT molecular complexity index is 347. The molecule has 0 aliphatic rings. The largest absolute Gasteiger partial charge is 0.493 e. The van der Waals surface area contributed by atoms with Crippen LogP contribution in [0.5, 0.6) is 11.5 Å². The molecule has 1 rings (SSSR count). The van der Waals surface area contributed by atoms with E-state index < -0.39 is 6.10 Å². The molecular formula is C13H20ClNO3. The molecule has 0 saturated carbocycles. The number of nitrogens with one attached hydrogen (secondary N) is 1. The third-order valence-corrected chi connectivity index (χ3v) is 2.17. The average Bonchev–Trinajstić information content (AvgIpc) is 2.37. The number of aliphatic hydroxyl groups is 1. The molecule has 0 aliphatic carbocycles. The Morgan fingerprint density at radius 1 is 1.39 bits per heavy atom. The van der Waals surface area contributed by atoms with Gasteiger partial charge in [-0.1, -0.05) is 18.2 Å². The summed E-state index contributed by atoms with van der Waals surface area (Å²) in [5, 5.41) is 12.7. The first-order chi connectivity index (χ1) is 8.27. The second-order valence-electron chi connectivity index (χ2n) is 3.56. The Morgan fingerprint density at radius 3 is 2.67 bits per heavy atom. The summed E-state index contributed by atoms with van der Waals surface area (Å²) in [6.45, 7) is 4.95. The molecule has 1 atom stereocenters. The molecule has 0 saturated heterocycles. The molecule has 0 radical (unpaired) electrons. The highest BCUT2D eigenvalue weighted by molar-refractivity contribution is 5.85. The molecule has 0 spiro atoms. The summed E-state index contributed by atoms with van der Waals surface area (Å²) in [6, 6.07) is 7.36. The van der Waals surface area contributed by atoms with E-state index >= 15 is 0 Å². The van der Waals surface area contributed by atoms with Crippen molar-refractivity contribution < 1.29 is 14.6 Å². The zero-order valence-electron chi connectivity index (χ0n) is 10.5. The van der Waals surface area contributed by atoms with Gasteiger partial charge >= 0.3 is 0 Å². The molecule has 1 aromatic carbocycles. The van der Waals surface area contributed by atoms with Crippen LogP contribution in [0, 0.1) is 0 Å². The highest BCUT2D eigenvalue weighted by atomic mass is 35.5. The number of hydrogen-bond acceptors (Lipinski definition) is 4. The quantitative estimate of drug-likeness (QED) is 0.558. The maximum absolute atomic E-state index is 9.64. The number of ether oxygens (including phenoxy) is 2. The van der Waals surface area contributed by atoms with E-state index in [2.05, 4.69) is 11.9 Å². The summed E-state index contributed by atoms with van der Waals surface area (Å²) in [5.41, 5.74) is 0. The van der Waals surface area contributed by atoms with E-state index in [0.29, 0.717) is 24.6 Å². The maximum atomic E-state index is 9.64. The molecule has 0 bridgehead atoms. The lowest BCUT2D eigenvalue weighted by Gasteiger charge is -2.14. The fourth-order valence-corrected chi connectivity index (χ4v) is 1.33. The number of benzene rings is 1. The average molecular weight is 274 g/mol. The van der Waals surface area contributed by atoms with E-state index in [4.69, 9.17) is 9.47 Å². The van der Waals surface area contributed by atoms with Crippen LogP contribution in [0.2, 0.25) is 0 Å². The van der Waals surface area contributed by atoms with E-state index in [0.717, 1.165) is 0 Å². The van der Waals surface area contributed by atoms with Gasteiger partial charge in [-0.25, -0.2) is 0 Å². The number of aliphatic hydroxyl groups excluding tert-OH is 1. The van der Waals surface area contributed by atoms with Crippen molar-refractivity contribution in [3.8, 4) is 11.5 Å². The maximum Gasteiger partial charge on any atom is 0.161 e. The lowest BCUT2D eigenvalue weighted by atomic mass is 10.3. The minimum Gasteiger partial charge on any atom is -0.493 e. The van der Waals surface area contributed by atoms with Gasteiger partial charge in [0.1, 0.15) is 12.7 Å². The predicted molar refractivity (Wildman–Crippen MR) is 74.8 cm³/mol. The summed E-state index contributed by atoms with van der Waals surface area (Å²) in [5.74, 6) is 1.30. The first-order valence-electron chi connectivity index (χ1n) is 5.53. The van der Waals surface area contributed by atoms with E-state index in [1.165, 1.54) is 0 Å². The minimum atomic E-state index is -0.556. The van der Waals surface area contributed by atoms with E-state index in [-0.39, 0.29) is 19.0 Å². The summed E-state index contributed by atoms with van der Waals surface area (Å²) >= 11 is 0. The van der Waals surface area contributed by atoms with Crippen LogP contribution in [0.25, 0.3) is 0 Å². The highest BCUT2D eigenvalue weighted by Crippen LogP contribution is 2.25. The second kappa shape index (κ2) is 9.76. The van der Waals surface area contributed by atoms with Gasteiger partial charge in [0.2, 0.25) is 0 Å². The van der Waals surface area contributed by atoms with Crippen LogP contribution in [0.15, 0.2) is 36.9 Å². The molecule has 1 unspecified atom stereocenters. The summed E-state index contributed by atoms with van der Waals surface area (Å²) < 4.78 is 10.6. The van der Waals surface area contributed by atoms with Crippen molar-refractivity contribution in [2.75, 3.05) is 26.8 Å². The van der Waals surface area contributed by atoms with Crippen LogP contribution < -0.4 is 14.8 Å². The smallest absolute Gasteiger partial charge is 0.161 e. The molecule has 18 heavy (non-hydrogen) atoms. The minimum absolute atomic E-state index is 0. The molecule has 4 nitrogen and oxygen atoms in total. The Kier molecular flexibility index (Phi) is 9.10. The molecule has 102 valence electrons. The molecule has 0 aliphatic heterocycles. The fourth-order valence-electron chi connectivity index (χ4n) is 1.33. The molecule has 0 aromatic heterocycles. The van der Waals surface area contributed by atoms with E-state index in [1.807, 2.05) is 24.3 Å². The van der Waals surface area contributed by atoms with Crippen LogP contribution in [0.4, 0.5) is 0 Å². The molecule has 0 amide bonds. The molecular weight excluding hydrogens is 254 g/mol. The SMILES string of the molecule is C=CCNCC(O)COc1ccccc1OC.Cl. The van der Waals surface area contributed by atoms with E-state index in [9.17, 15) is 5.11 Å². The van der Waals surface area contributed by atoms with Crippen LogP contribution in [-0.2, 0) is 0 Å². The Hall–Kier alpha value is -1.23. The number of halogens is 1. The molecule has 5 heteroatoms. The topological polar surface area (TPSA) is 50.7 Å². The van der Waals surface area contributed by atoms with Crippen molar-refractivity contribution in [3.05, 3.63) is 36.9 Å². The van der Waals surface area contributed by atoms with Crippen LogP contribution >= 0.6 is 12.4 Å². The molecule has 0 heterocycles. The normalized spacial score (nSPS) is 11.2. The third-order valence-electron chi connectivity index (χ3n) is 2.17. The summed E-state index contributed by atoms with van der Waals surface area (Å²) in [7, 11) is 1.59. The van der Waals surface area contributed by atoms with Crippen molar-refractivity contribution in [1.29, 1.82) is 0 Å². The van der Waals surface area contributed by atoms with E-state index in [1.54, 1.807) is 13.2 Å². The summed E-state index contributed by atoms with van der Waals surface area (Å²) in [6.07, 6.45) is 1.19. The van der Waals surface area contributed by atoms with Gasteiger partial charge < -0.3 is 19.9 Å². The van der Waals surface area contributed by atoms with Gasteiger partial charge in [0, 0.05) is 13.1 Å². The first kappa shape index (κ1) is 16.8. The van der Waals surface area contributed by atoms with Crippen molar-refractivity contribution >= 4 is 12.4 Å². The molecule has 0 fully saturated rings. The van der Waals surface area contributed by atoms with Crippen LogP contribution in [0.3, 0.4) is 0 Å². The van der Waals surface area contributed by atoms with Crippen molar-refractivity contribution in [2.24, 2.45) is 0 Å². The number of methoxy groups -OCH3 is 1. The first-order valence-corrected chi connectivity index (χ1v) is 5.53. The van der Waals surface area contributed by atoms with Gasteiger partial charge in [0.05, 0.1) is 7.11 Å². The zero-order valence-corrected chi connectivity index (χ0v) is 11.3. The molecule has 2 N–H and O–H groups in total. The Labute approximate surface area is 114 Å². The number of hydrogen-bond donors (Lipinski definition) is 2. The van der Waals surface area contributed by atoms with Gasteiger partial charge in [-0.3, -0.25) is 0 Å². The van der Waals surface area contributed by atoms with Crippen LogP contribution in [-0.4, -0.2) is 38.0 Å². The fraction of sp³-hybridized carbons (Fsp3) is 0.385. The lowest BCUT2D eigenvalue weighted by Crippen LogP contribution is -2.31. The number of para-hydroxylation sites is 2. The Morgan fingerprint density at radius 2 is 2.06 bits per heavy atom. The van der Waals surface area contributed by atoms with Crippen molar-refractivity contribution in [1.82, 2.24) is 5.32 Å². The second-order valence-corrected chi connectivity index (χ2v) is 3.56. The number of rotatable bonds is 8. The van der Waals surface area contributed by atoms with Gasteiger partial charge in [-0.05, 0) is 12.1 Å². The van der Waals surface area contributed by atoms with Crippen molar-refractivity contribution in [2.45, 2.75) is 6.10 Å². The lowest BCUT2D eigenvalue weighted by molar-refractivity contribution is 0.105. The summed E-state index contributed by atoms with van der Waals surface area (Å²) in [4.78, 5) is 0. The zero-order chi connectivity index (χ0) is 12.5. The van der Waals surface area contributed by atoms with Crippen LogP contribution in [0.1, 0.15) is 0 Å². The monoisotopic (exact) mass is 273 g/mol.